The van der Waals surface area contributed by atoms with E-state index in [4.69, 9.17) is 4.55 Å². The average Bonchev–Trinajstić information content (AvgIpc) is 2.75. The van der Waals surface area contributed by atoms with E-state index in [-0.39, 0.29) is 0 Å². The van der Waals surface area contributed by atoms with Crippen molar-refractivity contribution in [2.75, 3.05) is 0 Å². The topological polar surface area (TPSA) is 54.4 Å². The van der Waals surface area contributed by atoms with E-state index in [2.05, 4.69) is 35.7 Å². The van der Waals surface area contributed by atoms with Crippen molar-refractivity contribution in [1.29, 1.82) is 0 Å². The number of hydrogen-bond acceptors (Lipinski definition) is 3. The van der Waals surface area contributed by atoms with Crippen LogP contribution in [-0.2, 0) is 10.1 Å². The maximum atomic E-state index is 11.3. The van der Waals surface area contributed by atoms with Crippen molar-refractivity contribution in [2.45, 2.75) is 0 Å². The summed E-state index contributed by atoms with van der Waals surface area (Å²) in [6.45, 7) is 0. The first-order chi connectivity index (χ1) is 8.32. The molecule has 0 saturated carbocycles. The molecule has 0 saturated heterocycles. The van der Waals surface area contributed by atoms with Gasteiger partial charge in [0, 0.05) is 4.70 Å². The summed E-state index contributed by atoms with van der Waals surface area (Å²) in [5.41, 5.74) is 0. The van der Waals surface area contributed by atoms with Gasteiger partial charge in [0.15, 0.2) is 0 Å². The molecule has 1 N–H and O–H groups in total. The van der Waals surface area contributed by atoms with Gasteiger partial charge >= 0.3 is 21.4 Å². The van der Waals surface area contributed by atoms with Gasteiger partial charge < -0.3 is 0 Å². The minimum Gasteiger partial charge on any atom is -0.280 e. The maximum absolute atomic E-state index is 11.3. The summed E-state index contributed by atoms with van der Waals surface area (Å²) < 4.78 is 60.8. The molecule has 1 aromatic carbocycles. The first-order valence-corrected chi connectivity index (χ1v) is 6.75. The average molecular weight is 296 g/mol. The molecule has 0 unspecified atom stereocenters. The molecule has 0 bridgehead atoms. The lowest BCUT2D eigenvalue weighted by Gasteiger charge is -1.85. The zero-order chi connectivity index (χ0) is 13.8. The van der Waals surface area contributed by atoms with Gasteiger partial charge in [-0.1, -0.05) is 18.2 Å². The largest absolute Gasteiger partial charge is 0.327 e. The predicted octanol–water partition coefficient (Wildman–Crippen LogP) is 3.81. The second-order valence-electron chi connectivity index (χ2n) is 2.97. The van der Waals surface area contributed by atoms with Crippen LogP contribution in [0.4, 0.5) is 13.2 Å². The van der Waals surface area contributed by atoms with Crippen molar-refractivity contribution in [3.8, 4) is 0 Å². The third kappa shape index (κ3) is 4.13. The lowest BCUT2D eigenvalue weighted by molar-refractivity contribution is 0.382. The summed E-state index contributed by atoms with van der Waals surface area (Å²) in [5, 5.41) is 0.662. The summed E-state index contributed by atoms with van der Waals surface area (Å²) in [6.07, 6.45) is -3.06. The first-order valence-electron chi connectivity index (χ1n) is 4.43. The van der Waals surface area contributed by atoms with Crippen molar-refractivity contribution >= 4 is 31.5 Å². The number of fused-ring (bicyclic) bond motifs is 1. The Hall–Kier alpha value is -1.38. The molecule has 0 atom stereocenters. The highest BCUT2D eigenvalue weighted by molar-refractivity contribution is 7.89. The van der Waals surface area contributed by atoms with Crippen LogP contribution in [0.1, 0.15) is 0 Å². The molecule has 8 heteroatoms. The molecular formula is C10H7F3O3S2. The zero-order valence-electron chi connectivity index (χ0n) is 8.68. The van der Waals surface area contributed by atoms with Gasteiger partial charge in [0.1, 0.15) is 0 Å². The van der Waals surface area contributed by atoms with Gasteiger partial charge in [-0.15, -0.1) is 11.3 Å². The van der Waals surface area contributed by atoms with Gasteiger partial charge in [0.05, 0.1) is 0 Å². The Labute approximate surface area is 105 Å². The molecule has 0 aliphatic carbocycles. The fourth-order valence-electron chi connectivity index (χ4n) is 1.00. The molecule has 1 heterocycles. The summed E-state index contributed by atoms with van der Waals surface area (Å²) in [6, 6.07) is 10.5. The van der Waals surface area contributed by atoms with Gasteiger partial charge in [-0.2, -0.15) is 21.6 Å². The Balaban J connectivity index is 0.000000180. The standard InChI is InChI=1S/C8H6S.C2HF3O3S/c1-2-4-8-7(3-1)5-6-9-8;3-1(4)2(5)9(6,7)8/h1-6H;(H,6,7,8). The van der Waals surface area contributed by atoms with Gasteiger partial charge in [-0.25, -0.2) is 0 Å². The van der Waals surface area contributed by atoms with Gasteiger partial charge in [-0.05, 0) is 22.9 Å². The quantitative estimate of drug-likeness (QED) is 0.814. The molecule has 18 heavy (non-hydrogen) atoms. The van der Waals surface area contributed by atoms with Crippen molar-refractivity contribution in [3.63, 3.8) is 0 Å². The summed E-state index contributed by atoms with van der Waals surface area (Å²) in [7, 11) is -5.34. The monoisotopic (exact) mass is 296 g/mol. The Morgan fingerprint density at radius 1 is 1.11 bits per heavy atom. The Bertz CT molecular complexity index is 628. The van der Waals surface area contributed by atoms with Gasteiger partial charge in [-0.3, -0.25) is 4.55 Å². The molecular weight excluding hydrogens is 289 g/mol. The van der Waals surface area contributed by atoms with E-state index in [0.29, 0.717) is 0 Å². The SMILES string of the molecule is O=S(=O)(O)C(F)=C(F)F.c1ccc2sccc2c1. The number of hydrogen-bond donors (Lipinski definition) is 1. The fourth-order valence-corrected chi connectivity index (χ4v) is 1.99. The third-order valence-electron chi connectivity index (χ3n) is 1.74. The van der Waals surface area contributed by atoms with Gasteiger partial charge in [0.2, 0.25) is 0 Å². The molecule has 3 nitrogen and oxygen atoms in total. The fraction of sp³-hybridized carbons (Fsp3) is 0. The van der Waals surface area contributed by atoms with Crippen LogP contribution in [0.2, 0.25) is 0 Å². The molecule has 98 valence electrons. The first kappa shape index (κ1) is 14.7. The highest BCUT2D eigenvalue weighted by Gasteiger charge is 2.19. The predicted molar refractivity (Wildman–Crippen MR) is 63.7 cm³/mol. The van der Waals surface area contributed by atoms with Gasteiger partial charge in [0.25, 0.3) is 0 Å². The molecule has 0 spiro atoms. The van der Waals surface area contributed by atoms with E-state index in [1.807, 2.05) is 0 Å². The van der Waals surface area contributed by atoms with Crippen molar-refractivity contribution < 1.29 is 26.1 Å². The highest BCUT2D eigenvalue weighted by Crippen LogP contribution is 2.18. The maximum Gasteiger partial charge on any atom is 0.327 e. The van der Waals surface area contributed by atoms with Crippen LogP contribution in [0.15, 0.2) is 47.0 Å². The summed E-state index contributed by atoms with van der Waals surface area (Å²) in [5.74, 6) is 0. The number of halogens is 3. The lowest BCUT2D eigenvalue weighted by atomic mass is 10.3. The van der Waals surface area contributed by atoms with Crippen LogP contribution in [0.3, 0.4) is 0 Å². The minimum atomic E-state index is -5.34. The number of thiophene rings is 1. The van der Waals surface area contributed by atoms with E-state index in [1.165, 1.54) is 10.1 Å². The van der Waals surface area contributed by atoms with Crippen LogP contribution >= 0.6 is 11.3 Å². The Kier molecular flexibility index (Phi) is 4.88. The number of benzene rings is 1. The summed E-state index contributed by atoms with van der Waals surface area (Å²) >= 11 is 1.79. The Morgan fingerprint density at radius 2 is 1.72 bits per heavy atom. The normalized spacial score (nSPS) is 10.7. The molecule has 1 aromatic heterocycles. The van der Waals surface area contributed by atoms with Crippen molar-refractivity contribution in [2.24, 2.45) is 0 Å². The molecule has 0 radical (unpaired) electrons. The van der Waals surface area contributed by atoms with Crippen molar-refractivity contribution in [1.82, 2.24) is 0 Å². The van der Waals surface area contributed by atoms with E-state index in [9.17, 15) is 21.6 Å². The molecule has 0 aliphatic rings. The highest BCUT2D eigenvalue weighted by atomic mass is 32.2. The third-order valence-corrected chi connectivity index (χ3v) is 3.24. The molecule has 0 aliphatic heterocycles. The smallest absolute Gasteiger partial charge is 0.280 e. The molecule has 0 amide bonds. The van der Waals surface area contributed by atoms with Crippen LogP contribution in [0.5, 0.6) is 0 Å². The molecule has 2 rings (SSSR count). The summed E-state index contributed by atoms with van der Waals surface area (Å²) in [4.78, 5) is 0. The molecule has 0 fully saturated rings. The van der Waals surface area contributed by atoms with E-state index in [0.717, 1.165) is 0 Å². The van der Waals surface area contributed by atoms with Crippen LogP contribution < -0.4 is 0 Å². The van der Waals surface area contributed by atoms with Crippen LogP contribution in [-0.4, -0.2) is 13.0 Å². The van der Waals surface area contributed by atoms with E-state index < -0.39 is 21.4 Å². The second-order valence-corrected chi connectivity index (χ2v) is 5.22. The van der Waals surface area contributed by atoms with Crippen LogP contribution in [0, 0.1) is 0 Å². The van der Waals surface area contributed by atoms with Crippen LogP contribution in [0.25, 0.3) is 10.1 Å². The number of rotatable bonds is 1. The van der Waals surface area contributed by atoms with E-state index >= 15 is 0 Å². The minimum absolute atomic E-state index is 1.35. The van der Waals surface area contributed by atoms with Crippen molar-refractivity contribution in [3.05, 3.63) is 47.0 Å². The zero-order valence-corrected chi connectivity index (χ0v) is 10.3. The molecule has 2 aromatic rings. The van der Waals surface area contributed by atoms with E-state index in [1.54, 1.807) is 11.3 Å². The lowest BCUT2D eigenvalue weighted by Crippen LogP contribution is -1.97. The Morgan fingerprint density at radius 3 is 2.17 bits per heavy atom. The second kappa shape index (κ2) is 5.98.